The van der Waals surface area contributed by atoms with Crippen LogP contribution in [-0.4, -0.2) is 11.0 Å². The molecule has 2 aromatic rings. The summed E-state index contributed by atoms with van der Waals surface area (Å²) in [5, 5.41) is 16.0. The molecule has 7 heteroatoms. The molecule has 110 valence electrons. The van der Waals surface area contributed by atoms with E-state index in [1.165, 1.54) is 0 Å². The molecule has 0 radical (unpaired) electrons. The van der Waals surface area contributed by atoms with Crippen molar-refractivity contribution in [3.63, 3.8) is 0 Å². The maximum atomic E-state index is 8.64. The van der Waals surface area contributed by atoms with E-state index in [4.69, 9.17) is 34.1 Å². The molecular weight excluding hydrogens is 377 g/mol. The molecular formula is C14H12BrCl2N3O. The average Bonchev–Trinajstić information content (AvgIpc) is 2.46. The second kappa shape index (κ2) is 7.02. The number of hydrogen-bond acceptors (Lipinski definition) is 3. The molecule has 0 spiro atoms. The van der Waals surface area contributed by atoms with Gasteiger partial charge in [-0.25, -0.2) is 0 Å². The molecule has 0 unspecified atom stereocenters. The third kappa shape index (κ3) is 4.03. The summed E-state index contributed by atoms with van der Waals surface area (Å²) < 4.78 is 0.874. The molecule has 0 amide bonds. The van der Waals surface area contributed by atoms with Crippen molar-refractivity contribution in [2.75, 3.05) is 5.32 Å². The van der Waals surface area contributed by atoms with E-state index in [0.29, 0.717) is 22.2 Å². The summed E-state index contributed by atoms with van der Waals surface area (Å²) in [6.45, 7) is 0.537. The van der Waals surface area contributed by atoms with Gasteiger partial charge in [0.15, 0.2) is 5.84 Å². The summed E-state index contributed by atoms with van der Waals surface area (Å²) in [4.78, 5) is 0. The third-order valence-electron chi connectivity index (χ3n) is 2.86. The summed E-state index contributed by atoms with van der Waals surface area (Å²) in [7, 11) is 0. The molecule has 0 atom stereocenters. The zero-order chi connectivity index (χ0) is 15.4. The highest BCUT2D eigenvalue weighted by Gasteiger charge is 2.06. The Morgan fingerprint density at radius 1 is 1.24 bits per heavy atom. The van der Waals surface area contributed by atoms with Gasteiger partial charge in [-0.3, -0.25) is 0 Å². The Morgan fingerprint density at radius 3 is 2.62 bits per heavy atom. The zero-order valence-electron chi connectivity index (χ0n) is 10.8. The predicted octanol–water partition coefficient (Wildman–Crippen LogP) is 4.46. The summed E-state index contributed by atoms with van der Waals surface area (Å²) in [5.41, 5.74) is 7.90. The van der Waals surface area contributed by atoms with E-state index in [9.17, 15) is 0 Å². The number of anilines is 1. The highest BCUT2D eigenvalue weighted by atomic mass is 79.9. The number of hydrogen-bond donors (Lipinski definition) is 3. The Labute approximate surface area is 140 Å². The highest BCUT2D eigenvalue weighted by molar-refractivity contribution is 9.10. The van der Waals surface area contributed by atoms with Crippen molar-refractivity contribution in [3.8, 4) is 0 Å². The smallest absolute Gasteiger partial charge is 0.170 e. The lowest BCUT2D eigenvalue weighted by atomic mass is 10.1. The zero-order valence-corrected chi connectivity index (χ0v) is 13.9. The normalized spacial score (nSPS) is 11.5. The molecule has 0 aliphatic carbocycles. The molecule has 0 aliphatic rings. The van der Waals surface area contributed by atoms with Gasteiger partial charge in [-0.2, -0.15) is 0 Å². The fourth-order valence-corrected chi connectivity index (χ4v) is 2.80. The first-order chi connectivity index (χ1) is 10.0. The molecule has 21 heavy (non-hydrogen) atoms. The van der Waals surface area contributed by atoms with Crippen LogP contribution in [0.15, 0.2) is 46.0 Å². The second-order valence-electron chi connectivity index (χ2n) is 4.27. The van der Waals surface area contributed by atoms with Gasteiger partial charge in [0.1, 0.15) is 0 Å². The van der Waals surface area contributed by atoms with E-state index in [0.717, 1.165) is 15.7 Å². The summed E-state index contributed by atoms with van der Waals surface area (Å²) in [5.74, 6) is 0.0249. The van der Waals surface area contributed by atoms with Crippen molar-refractivity contribution in [2.24, 2.45) is 10.9 Å². The molecule has 2 aromatic carbocycles. The Hall–Kier alpha value is -1.43. The molecule has 0 bridgehead atoms. The molecule has 0 heterocycles. The highest BCUT2D eigenvalue weighted by Crippen LogP contribution is 2.27. The Bertz CT molecular complexity index is 692. The van der Waals surface area contributed by atoms with E-state index in [1.54, 1.807) is 18.2 Å². The van der Waals surface area contributed by atoms with Gasteiger partial charge in [0, 0.05) is 32.3 Å². The summed E-state index contributed by atoms with van der Waals surface area (Å²) in [6.07, 6.45) is 0. The summed E-state index contributed by atoms with van der Waals surface area (Å²) in [6, 6.07) is 10.7. The molecule has 0 aromatic heterocycles. The van der Waals surface area contributed by atoms with Crippen molar-refractivity contribution in [1.82, 2.24) is 0 Å². The standard InChI is InChI=1S/C14H12BrCl2N3O/c15-11-6-10(16)3-4-13(11)19-7-9-2-1-8(5-12(9)17)14(18)20-21/h1-6,19,21H,7H2,(H2,18,20). The van der Waals surface area contributed by atoms with Crippen LogP contribution in [0.25, 0.3) is 0 Å². The quantitative estimate of drug-likeness (QED) is 0.313. The number of nitrogens with one attached hydrogen (secondary N) is 1. The van der Waals surface area contributed by atoms with E-state index < -0.39 is 0 Å². The molecule has 0 saturated heterocycles. The van der Waals surface area contributed by atoms with Gasteiger partial charge < -0.3 is 16.3 Å². The third-order valence-corrected chi connectivity index (χ3v) is 4.10. The molecule has 0 saturated carbocycles. The maximum absolute atomic E-state index is 8.64. The van der Waals surface area contributed by atoms with Crippen molar-refractivity contribution < 1.29 is 5.21 Å². The van der Waals surface area contributed by atoms with Crippen molar-refractivity contribution in [1.29, 1.82) is 0 Å². The first-order valence-corrected chi connectivity index (χ1v) is 7.51. The van der Waals surface area contributed by atoms with E-state index in [-0.39, 0.29) is 5.84 Å². The van der Waals surface area contributed by atoms with Crippen LogP contribution in [0.1, 0.15) is 11.1 Å². The van der Waals surface area contributed by atoms with Gasteiger partial charge in [0.25, 0.3) is 0 Å². The number of amidine groups is 1. The van der Waals surface area contributed by atoms with E-state index >= 15 is 0 Å². The van der Waals surface area contributed by atoms with Crippen LogP contribution in [-0.2, 0) is 6.54 Å². The van der Waals surface area contributed by atoms with Crippen LogP contribution in [0.5, 0.6) is 0 Å². The average molecular weight is 389 g/mol. The number of nitrogens with two attached hydrogens (primary N) is 1. The lowest BCUT2D eigenvalue weighted by Crippen LogP contribution is -2.13. The van der Waals surface area contributed by atoms with E-state index in [1.807, 2.05) is 18.2 Å². The number of nitrogens with zero attached hydrogens (tertiary/aromatic N) is 1. The number of benzene rings is 2. The monoisotopic (exact) mass is 387 g/mol. The molecule has 4 nitrogen and oxygen atoms in total. The topological polar surface area (TPSA) is 70.6 Å². The van der Waals surface area contributed by atoms with Crippen LogP contribution >= 0.6 is 39.1 Å². The number of halogens is 3. The fraction of sp³-hybridized carbons (Fsp3) is 0.0714. The van der Waals surface area contributed by atoms with Gasteiger partial charge in [-0.1, -0.05) is 40.5 Å². The molecule has 0 aliphatic heterocycles. The van der Waals surface area contributed by atoms with Gasteiger partial charge in [0.2, 0.25) is 0 Å². The largest absolute Gasteiger partial charge is 0.409 e. The van der Waals surface area contributed by atoms with Gasteiger partial charge in [0.05, 0.1) is 0 Å². The minimum atomic E-state index is 0.0249. The van der Waals surface area contributed by atoms with Crippen LogP contribution in [0.3, 0.4) is 0 Å². The minimum absolute atomic E-state index is 0.0249. The van der Waals surface area contributed by atoms with Crippen LogP contribution < -0.4 is 11.1 Å². The first kappa shape index (κ1) is 15.9. The fourth-order valence-electron chi connectivity index (χ4n) is 1.73. The lowest BCUT2D eigenvalue weighted by Gasteiger charge is -2.11. The van der Waals surface area contributed by atoms with Crippen molar-refractivity contribution in [3.05, 3.63) is 62.0 Å². The Morgan fingerprint density at radius 2 is 2.00 bits per heavy atom. The first-order valence-electron chi connectivity index (χ1n) is 5.96. The van der Waals surface area contributed by atoms with Gasteiger partial charge in [-0.05, 0) is 45.8 Å². The van der Waals surface area contributed by atoms with Crippen molar-refractivity contribution >= 4 is 50.7 Å². The second-order valence-corrected chi connectivity index (χ2v) is 5.97. The van der Waals surface area contributed by atoms with Crippen molar-refractivity contribution in [2.45, 2.75) is 6.54 Å². The summed E-state index contributed by atoms with van der Waals surface area (Å²) >= 11 is 15.5. The Kier molecular flexibility index (Phi) is 5.33. The number of rotatable bonds is 4. The van der Waals surface area contributed by atoms with Gasteiger partial charge >= 0.3 is 0 Å². The Balaban J connectivity index is 2.13. The lowest BCUT2D eigenvalue weighted by molar-refractivity contribution is 0.318. The molecule has 2 rings (SSSR count). The molecule has 4 N–H and O–H groups in total. The van der Waals surface area contributed by atoms with Crippen LogP contribution in [0, 0.1) is 0 Å². The minimum Gasteiger partial charge on any atom is -0.409 e. The SMILES string of the molecule is N/C(=N/O)c1ccc(CNc2ccc(Cl)cc2Br)c(Cl)c1. The molecule has 0 fully saturated rings. The van der Waals surface area contributed by atoms with Gasteiger partial charge in [-0.15, -0.1) is 0 Å². The maximum Gasteiger partial charge on any atom is 0.170 e. The van der Waals surface area contributed by atoms with E-state index in [2.05, 4.69) is 26.4 Å². The van der Waals surface area contributed by atoms with Crippen LogP contribution in [0.2, 0.25) is 10.0 Å². The number of oxime groups is 1. The predicted molar refractivity (Wildman–Crippen MR) is 90.4 cm³/mol. The van der Waals surface area contributed by atoms with Crippen LogP contribution in [0.4, 0.5) is 5.69 Å².